The van der Waals surface area contributed by atoms with Gasteiger partial charge in [-0.1, -0.05) is 35.4 Å². The monoisotopic (exact) mass is 318 g/mol. The van der Waals surface area contributed by atoms with Crippen LogP contribution in [0.25, 0.3) is 21.7 Å². The Morgan fingerprint density at radius 3 is 2.42 bits per heavy atom. The summed E-state index contributed by atoms with van der Waals surface area (Å²) in [6, 6.07) is 22.3. The Hall–Kier alpha value is -3.17. The van der Waals surface area contributed by atoms with E-state index in [1.54, 1.807) is 7.11 Å². The van der Waals surface area contributed by atoms with Gasteiger partial charge in [0.15, 0.2) is 0 Å². The second-order valence-electron chi connectivity index (χ2n) is 5.40. The zero-order valence-corrected chi connectivity index (χ0v) is 13.5. The van der Waals surface area contributed by atoms with Gasteiger partial charge in [-0.05, 0) is 53.1 Å². The van der Waals surface area contributed by atoms with Gasteiger partial charge in [0.05, 0.1) is 13.7 Å². The van der Waals surface area contributed by atoms with E-state index in [2.05, 4.69) is 32.8 Å². The van der Waals surface area contributed by atoms with Gasteiger partial charge in [-0.25, -0.2) is 0 Å². The van der Waals surface area contributed by atoms with E-state index >= 15 is 0 Å². The van der Waals surface area contributed by atoms with Gasteiger partial charge in [-0.15, -0.1) is 0 Å². The summed E-state index contributed by atoms with van der Waals surface area (Å²) >= 11 is 0. The van der Waals surface area contributed by atoms with Crippen molar-refractivity contribution in [3.8, 4) is 17.0 Å². The van der Waals surface area contributed by atoms with Crippen molar-refractivity contribution in [3.63, 3.8) is 0 Å². The average Bonchev–Trinajstić information content (AvgIpc) is 3.03. The molecular formula is C19H18N4O. The molecule has 5 heteroatoms. The first-order chi connectivity index (χ1) is 11.8. The Morgan fingerprint density at radius 2 is 1.75 bits per heavy atom. The molecule has 0 fully saturated rings. The molecule has 1 heterocycles. The summed E-state index contributed by atoms with van der Waals surface area (Å²) in [5.41, 5.74) is 13.0. The highest BCUT2D eigenvalue weighted by atomic mass is 16.5. The molecule has 2 aromatic carbocycles. The largest absolute Gasteiger partial charge is 0.497 e. The van der Waals surface area contributed by atoms with Crippen LogP contribution in [0.5, 0.6) is 5.75 Å². The minimum atomic E-state index is 0.333. The number of azide groups is 1. The Morgan fingerprint density at radius 1 is 1.00 bits per heavy atom. The van der Waals surface area contributed by atoms with Crippen molar-refractivity contribution in [2.45, 2.75) is 13.1 Å². The summed E-state index contributed by atoms with van der Waals surface area (Å²) in [4.78, 5) is 2.88. The number of hydrogen-bond donors (Lipinski definition) is 0. The Bertz CT molecular complexity index is 847. The third-order valence-electron chi connectivity index (χ3n) is 3.94. The smallest absolute Gasteiger partial charge is 0.118 e. The summed E-state index contributed by atoms with van der Waals surface area (Å²) in [6.45, 7) is 1.06. The van der Waals surface area contributed by atoms with Gasteiger partial charge in [0.1, 0.15) is 5.75 Å². The molecule has 120 valence electrons. The molecule has 0 radical (unpaired) electrons. The number of nitrogens with zero attached hydrogens (tertiary/aromatic N) is 4. The molecule has 0 bridgehead atoms. The van der Waals surface area contributed by atoms with Crippen molar-refractivity contribution in [3.05, 3.63) is 88.4 Å². The highest BCUT2D eigenvalue weighted by molar-refractivity contribution is 5.62. The van der Waals surface area contributed by atoms with E-state index in [1.807, 2.05) is 48.5 Å². The maximum absolute atomic E-state index is 8.62. The quantitative estimate of drug-likeness (QED) is 0.357. The molecule has 0 saturated carbocycles. The molecule has 0 atom stereocenters. The van der Waals surface area contributed by atoms with E-state index in [1.165, 1.54) is 5.56 Å². The Balaban J connectivity index is 2.01. The van der Waals surface area contributed by atoms with Crippen molar-refractivity contribution in [2.75, 3.05) is 7.11 Å². The first kappa shape index (κ1) is 15.7. The average molecular weight is 318 g/mol. The van der Waals surface area contributed by atoms with Crippen LogP contribution in [0.2, 0.25) is 0 Å². The molecule has 0 amide bonds. The molecule has 3 rings (SSSR count). The highest BCUT2D eigenvalue weighted by Gasteiger charge is 2.10. The number of rotatable bonds is 6. The van der Waals surface area contributed by atoms with Crippen molar-refractivity contribution in [1.29, 1.82) is 0 Å². The van der Waals surface area contributed by atoms with E-state index < -0.39 is 0 Å². The zero-order chi connectivity index (χ0) is 16.8. The van der Waals surface area contributed by atoms with Crippen LogP contribution in [0.15, 0.2) is 71.8 Å². The number of ether oxygens (including phenoxy) is 1. The molecule has 3 aromatic rings. The summed E-state index contributed by atoms with van der Waals surface area (Å²) in [7, 11) is 1.66. The zero-order valence-electron chi connectivity index (χ0n) is 13.5. The van der Waals surface area contributed by atoms with Crippen LogP contribution in [0, 0.1) is 0 Å². The molecule has 0 aliphatic carbocycles. The maximum atomic E-state index is 8.62. The predicted octanol–water partition coefficient (Wildman–Crippen LogP) is 5.02. The highest BCUT2D eigenvalue weighted by Crippen LogP contribution is 2.26. The predicted molar refractivity (Wildman–Crippen MR) is 94.8 cm³/mol. The standard InChI is InChI=1S/C19H18N4O/c1-24-18-10-7-16(8-11-18)19-12-9-17(13-21-22-20)23(19)14-15-5-3-2-4-6-15/h2-12H,13-14H2,1H3. The van der Waals surface area contributed by atoms with Crippen LogP contribution >= 0.6 is 0 Å². The van der Waals surface area contributed by atoms with Crippen LogP contribution in [0.4, 0.5) is 0 Å². The molecule has 24 heavy (non-hydrogen) atoms. The maximum Gasteiger partial charge on any atom is 0.118 e. The molecule has 1 aromatic heterocycles. The fraction of sp³-hybridized carbons (Fsp3) is 0.158. The fourth-order valence-electron chi connectivity index (χ4n) is 2.72. The van der Waals surface area contributed by atoms with Gasteiger partial charge in [0.25, 0.3) is 0 Å². The molecule has 0 spiro atoms. The Labute approximate surface area is 140 Å². The second-order valence-corrected chi connectivity index (χ2v) is 5.40. The molecular weight excluding hydrogens is 300 g/mol. The lowest BCUT2D eigenvalue weighted by molar-refractivity contribution is 0.415. The molecule has 0 unspecified atom stereocenters. The van der Waals surface area contributed by atoms with Crippen LogP contribution < -0.4 is 4.74 Å². The lowest BCUT2D eigenvalue weighted by Crippen LogP contribution is -2.05. The second kappa shape index (κ2) is 7.40. The third-order valence-corrected chi connectivity index (χ3v) is 3.94. The lowest BCUT2D eigenvalue weighted by atomic mass is 10.1. The van der Waals surface area contributed by atoms with E-state index in [9.17, 15) is 0 Å². The summed E-state index contributed by atoms with van der Waals surface area (Å²) in [5, 5.41) is 3.72. The van der Waals surface area contributed by atoms with Gasteiger partial charge < -0.3 is 9.30 Å². The van der Waals surface area contributed by atoms with E-state index in [0.29, 0.717) is 6.54 Å². The first-order valence-electron chi connectivity index (χ1n) is 7.69. The molecule has 0 N–H and O–H groups in total. The van der Waals surface area contributed by atoms with Crippen LogP contribution in [0.3, 0.4) is 0 Å². The van der Waals surface area contributed by atoms with Crippen LogP contribution in [-0.2, 0) is 13.1 Å². The van der Waals surface area contributed by atoms with E-state index in [4.69, 9.17) is 10.3 Å². The van der Waals surface area contributed by atoms with Crippen molar-refractivity contribution >= 4 is 0 Å². The van der Waals surface area contributed by atoms with Gasteiger partial charge in [0.2, 0.25) is 0 Å². The third kappa shape index (κ3) is 3.42. The van der Waals surface area contributed by atoms with Gasteiger partial charge in [-0.2, -0.15) is 0 Å². The van der Waals surface area contributed by atoms with E-state index in [0.717, 1.165) is 29.2 Å². The minimum absolute atomic E-state index is 0.333. The van der Waals surface area contributed by atoms with Gasteiger partial charge in [-0.3, -0.25) is 0 Å². The first-order valence-corrected chi connectivity index (χ1v) is 7.69. The minimum Gasteiger partial charge on any atom is -0.497 e. The fourth-order valence-corrected chi connectivity index (χ4v) is 2.72. The molecule has 0 saturated heterocycles. The lowest BCUT2D eigenvalue weighted by Gasteiger charge is -2.13. The molecule has 5 nitrogen and oxygen atoms in total. The number of aromatic nitrogens is 1. The van der Waals surface area contributed by atoms with E-state index in [-0.39, 0.29) is 0 Å². The van der Waals surface area contributed by atoms with Crippen LogP contribution in [0.1, 0.15) is 11.3 Å². The normalized spacial score (nSPS) is 10.2. The van der Waals surface area contributed by atoms with Crippen molar-refractivity contribution in [1.82, 2.24) is 4.57 Å². The van der Waals surface area contributed by atoms with Gasteiger partial charge >= 0.3 is 0 Å². The number of benzene rings is 2. The molecule has 0 aliphatic rings. The Kier molecular flexibility index (Phi) is 4.84. The van der Waals surface area contributed by atoms with Crippen molar-refractivity contribution in [2.24, 2.45) is 5.11 Å². The number of methoxy groups -OCH3 is 1. The number of hydrogen-bond acceptors (Lipinski definition) is 2. The topological polar surface area (TPSA) is 62.9 Å². The van der Waals surface area contributed by atoms with Crippen molar-refractivity contribution < 1.29 is 4.74 Å². The summed E-state index contributed by atoms with van der Waals surface area (Å²) in [5.74, 6) is 0.828. The molecule has 0 aliphatic heterocycles. The summed E-state index contributed by atoms with van der Waals surface area (Å²) < 4.78 is 7.41. The SMILES string of the molecule is COc1ccc(-c2ccc(CN=[N+]=[N-])n2Cc2ccccc2)cc1. The summed E-state index contributed by atoms with van der Waals surface area (Å²) in [6.07, 6.45) is 0. The van der Waals surface area contributed by atoms with Crippen LogP contribution in [-0.4, -0.2) is 11.7 Å². The van der Waals surface area contributed by atoms with Gasteiger partial charge in [0, 0.05) is 22.8 Å².